The topological polar surface area (TPSA) is 46.5 Å². The molecule has 0 saturated heterocycles. The van der Waals surface area contributed by atoms with Gasteiger partial charge in [-0.2, -0.15) is 12.6 Å². The van der Waals surface area contributed by atoms with Crippen LogP contribution in [-0.4, -0.2) is 23.4 Å². The van der Waals surface area contributed by atoms with Crippen LogP contribution in [0.4, 0.5) is 0 Å². The Bertz CT molecular complexity index is 357. The standard InChI is InChI=1S/C12H14O3S/c13-12(14)9-15-11-6-4-10(5-7-11)3-1-2-8-16/h1,3-7,16H,2,8-9H2,(H,13,14). The molecule has 0 aliphatic heterocycles. The van der Waals surface area contributed by atoms with E-state index in [1.54, 1.807) is 12.1 Å². The molecule has 1 aromatic rings. The van der Waals surface area contributed by atoms with Gasteiger partial charge in [0.2, 0.25) is 0 Å². The van der Waals surface area contributed by atoms with E-state index in [0.717, 1.165) is 17.7 Å². The lowest BCUT2D eigenvalue weighted by atomic mass is 10.2. The largest absolute Gasteiger partial charge is 0.482 e. The Hall–Kier alpha value is -1.42. The molecule has 1 aromatic carbocycles. The Labute approximate surface area is 100 Å². The molecule has 0 atom stereocenters. The van der Waals surface area contributed by atoms with Crippen molar-refractivity contribution in [3.8, 4) is 5.75 Å². The quantitative estimate of drug-likeness (QED) is 0.748. The first-order valence-corrected chi connectivity index (χ1v) is 5.57. The maximum atomic E-state index is 10.3. The number of carboxylic acids is 1. The number of ether oxygens (including phenoxy) is 1. The van der Waals surface area contributed by atoms with Crippen LogP contribution in [0.25, 0.3) is 6.08 Å². The highest BCUT2D eigenvalue weighted by molar-refractivity contribution is 7.80. The van der Waals surface area contributed by atoms with Crippen LogP contribution in [0.15, 0.2) is 30.3 Å². The van der Waals surface area contributed by atoms with Gasteiger partial charge >= 0.3 is 5.97 Å². The minimum absolute atomic E-state index is 0.311. The fraction of sp³-hybridized carbons (Fsp3) is 0.250. The summed E-state index contributed by atoms with van der Waals surface area (Å²) < 4.78 is 5.01. The molecule has 86 valence electrons. The average Bonchev–Trinajstić information content (AvgIpc) is 2.28. The Morgan fingerprint density at radius 3 is 2.62 bits per heavy atom. The Kier molecular flexibility index (Phi) is 5.50. The third-order valence-corrected chi connectivity index (χ3v) is 2.11. The first-order chi connectivity index (χ1) is 7.72. The van der Waals surface area contributed by atoms with Crippen molar-refractivity contribution in [2.75, 3.05) is 12.4 Å². The molecular formula is C12H14O3S. The van der Waals surface area contributed by atoms with Gasteiger partial charge in [0.1, 0.15) is 5.75 Å². The number of carbonyl (C=O) groups is 1. The number of rotatable bonds is 6. The van der Waals surface area contributed by atoms with Crippen LogP contribution in [0.5, 0.6) is 5.75 Å². The maximum Gasteiger partial charge on any atom is 0.341 e. The van der Waals surface area contributed by atoms with Crippen molar-refractivity contribution in [1.82, 2.24) is 0 Å². The van der Waals surface area contributed by atoms with Gasteiger partial charge < -0.3 is 9.84 Å². The molecule has 0 aliphatic carbocycles. The number of benzene rings is 1. The molecule has 0 aromatic heterocycles. The highest BCUT2D eigenvalue weighted by Crippen LogP contribution is 2.13. The molecule has 1 N–H and O–H groups in total. The first-order valence-electron chi connectivity index (χ1n) is 4.94. The number of thiol groups is 1. The number of allylic oxidation sites excluding steroid dienone is 1. The predicted molar refractivity (Wildman–Crippen MR) is 67.1 cm³/mol. The molecule has 4 heteroatoms. The van der Waals surface area contributed by atoms with E-state index in [1.165, 1.54) is 0 Å². The van der Waals surface area contributed by atoms with Gasteiger partial charge in [0.15, 0.2) is 6.61 Å². The molecule has 0 spiro atoms. The summed E-state index contributed by atoms with van der Waals surface area (Å²) in [5.74, 6) is 0.419. The zero-order valence-electron chi connectivity index (χ0n) is 8.80. The summed E-state index contributed by atoms with van der Waals surface area (Å²) in [6.45, 7) is -0.311. The normalized spacial score (nSPS) is 10.6. The van der Waals surface area contributed by atoms with Crippen LogP contribution in [0.3, 0.4) is 0 Å². The predicted octanol–water partition coefficient (Wildman–Crippen LogP) is 2.48. The van der Waals surface area contributed by atoms with Gasteiger partial charge in [0.05, 0.1) is 0 Å². The van der Waals surface area contributed by atoms with Crippen LogP contribution in [0.2, 0.25) is 0 Å². The van der Waals surface area contributed by atoms with E-state index in [4.69, 9.17) is 9.84 Å². The summed E-state index contributed by atoms with van der Waals surface area (Å²) in [6, 6.07) is 7.27. The van der Waals surface area contributed by atoms with Crippen LogP contribution in [0.1, 0.15) is 12.0 Å². The molecule has 0 radical (unpaired) electrons. The summed E-state index contributed by atoms with van der Waals surface area (Å²) in [6.07, 6.45) is 4.97. The molecule has 0 bridgehead atoms. The van der Waals surface area contributed by atoms with Crippen molar-refractivity contribution in [2.45, 2.75) is 6.42 Å². The maximum absolute atomic E-state index is 10.3. The van der Waals surface area contributed by atoms with Crippen LogP contribution in [0, 0.1) is 0 Å². The SMILES string of the molecule is O=C(O)COc1ccc(C=CCCS)cc1. The van der Waals surface area contributed by atoms with Crippen LogP contribution < -0.4 is 4.74 Å². The molecule has 1 rings (SSSR count). The number of aliphatic carboxylic acids is 1. The fourth-order valence-electron chi connectivity index (χ4n) is 1.11. The van der Waals surface area contributed by atoms with Gasteiger partial charge in [0, 0.05) is 0 Å². The van der Waals surface area contributed by atoms with E-state index >= 15 is 0 Å². The van der Waals surface area contributed by atoms with E-state index in [1.807, 2.05) is 24.3 Å². The second-order valence-corrected chi connectivity index (χ2v) is 3.61. The Morgan fingerprint density at radius 2 is 2.06 bits per heavy atom. The van der Waals surface area contributed by atoms with E-state index in [2.05, 4.69) is 12.6 Å². The second-order valence-electron chi connectivity index (χ2n) is 3.17. The van der Waals surface area contributed by atoms with E-state index < -0.39 is 5.97 Å². The molecule has 0 amide bonds. The molecule has 0 heterocycles. The Balaban J connectivity index is 2.50. The Morgan fingerprint density at radius 1 is 1.38 bits per heavy atom. The molecule has 0 saturated carbocycles. The first kappa shape index (κ1) is 12.6. The van der Waals surface area contributed by atoms with Crippen molar-refractivity contribution >= 4 is 24.7 Å². The van der Waals surface area contributed by atoms with Gasteiger partial charge in [-0.1, -0.05) is 24.3 Å². The number of carboxylic acid groups (broad SMARTS) is 1. The summed E-state index contributed by atoms with van der Waals surface area (Å²) in [5, 5.41) is 8.43. The molecule has 0 aliphatic rings. The smallest absolute Gasteiger partial charge is 0.341 e. The average molecular weight is 238 g/mol. The third-order valence-electron chi connectivity index (χ3n) is 1.85. The summed E-state index contributed by atoms with van der Waals surface area (Å²) >= 11 is 4.10. The van der Waals surface area contributed by atoms with Crippen LogP contribution in [-0.2, 0) is 4.79 Å². The van der Waals surface area contributed by atoms with Gasteiger partial charge in [-0.15, -0.1) is 0 Å². The van der Waals surface area contributed by atoms with E-state index in [9.17, 15) is 4.79 Å². The summed E-state index contributed by atoms with van der Waals surface area (Å²) in [7, 11) is 0. The van der Waals surface area contributed by atoms with Crippen molar-refractivity contribution in [3.05, 3.63) is 35.9 Å². The third kappa shape index (κ3) is 4.89. The van der Waals surface area contributed by atoms with Crippen molar-refractivity contribution in [2.24, 2.45) is 0 Å². The lowest BCUT2D eigenvalue weighted by Gasteiger charge is -2.02. The molecule has 16 heavy (non-hydrogen) atoms. The number of hydrogen-bond donors (Lipinski definition) is 2. The monoisotopic (exact) mass is 238 g/mol. The zero-order valence-corrected chi connectivity index (χ0v) is 9.69. The van der Waals surface area contributed by atoms with Gasteiger partial charge in [-0.3, -0.25) is 0 Å². The molecule has 0 unspecified atom stereocenters. The highest BCUT2D eigenvalue weighted by atomic mass is 32.1. The highest BCUT2D eigenvalue weighted by Gasteiger charge is 1.98. The minimum atomic E-state index is -0.974. The molecule has 3 nitrogen and oxygen atoms in total. The molecule has 0 fully saturated rings. The van der Waals surface area contributed by atoms with Crippen molar-refractivity contribution in [3.63, 3.8) is 0 Å². The number of hydrogen-bond acceptors (Lipinski definition) is 3. The summed E-state index contributed by atoms with van der Waals surface area (Å²) in [4.78, 5) is 10.3. The van der Waals surface area contributed by atoms with Gasteiger partial charge in [0.25, 0.3) is 0 Å². The van der Waals surface area contributed by atoms with Crippen molar-refractivity contribution in [1.29, 1.82) is 0 Å². The lowest BCUT2D eigenvalue weighted by molar-refractivity contribution is -0.139. The summed E-state index contributed by atoms with van der Waals surface area (Å²) in [5.41, 5.74) is 1.06. The zero-order chi connectivity index (χ0) is 11.8. The van der Waals surface area contributed by atoms with Gasteiger partial charge in [-0.05, 0) is 29.9 Å². The van der Waals surface area contributed by atoms with E-state index in [0.29, 0.717) is 5.75 Å². The molecular weight excluding hydrogens is 224 g/mol. The van der Waals surface area contributed by atoms with Crippen LogP contribution >= 0.6 is 12.6 Å². The lowest BCUT2D eigenvalue weighted by Crippen LogP contribution is -2.09. The minimum Gasteiger partial charge on any atom is -0.482 e. The fourth-order valence-corrected chi connectivity index (χ4v) is 1.26. The van der Waals surface area contributed by atoms with E-state index in [-0.39, 0.29) is 6.61 Å². The second kappa shape index (κ2) is 6.95. The van der Waals surface area contributed by atoms with Gasteiger partial charge in [-0.25, -0.2) is 4.79 Å². The van der Waals surface area contributed by atoms with Crippen molar-refractivity contribution < 1.29 is 14.6 Å².